The zero-order valence-corrected chi connectivity index (χ0v) is 71.4. The Morgan fingerprint density at radius 3 is 1.44 bits per heavy atom. The number of benzene rings is 8. The maximum absolute atomic E-state index is 13.3. The van der Waals surface area contributed by atoms with Crippen molar-refractivity contribution in [3.05, 3.63) is 378 Å². The van der Waals surface area contributed by atoms with Crippen molar-refractivity contribution in [3.8, 4) is 59.2 Å². The molecular formula is C107H91F3N12O6. The third-order valence-electron chi connectivity index (χ3n) is 24.1. The van der Waals surface area contributed by atoms with Crippen LogP contribution < -0.4 is 27.8 Å². The predicted molar refractivity (Wildman–Crippen MR) is 493 cm³/mol. The quantitative estimate of drug-likeness (QED) is 0.117. The standard InChI is InChI=1S/C22H18FN3O.C22H19FN2O2.C21H17FN2O.C21H19N3O.C21H18N2O/c23-17-4-1-3-15(11-17)6-7-16-8-9-19-20(12-16)24-21-14-25-10-2-5-18(25)13-26(21)22(19)27;1-27-14-17-8-10-21-24-20-12-16(6-5-15-3-2-4-18(23)11-15)7-9-19(20)22(26)25(21)13-17;1-14-9-10-24-20(11-14)23-19-13-16(7-8-18(19)21(24)25)6-5-15-3-2-4-17(22)12-15;1-15-5-9-18-19(10-6-15)23-20-14-16(11-13-24(20)21(18)25)7-8-17-4-2-3-12-22-17;24-21-18-13-12-17(11-10-16-7-3-1-4-8-16)15-19(18)22-20-9-5-2-6-14-23(20)21/h1,3-4,8-9,11-12,18H,2,5,10,13-14H2;2-4,7,9,11-12,17H,8,10,13-14H2,1H3;2-4,7-8,12-14H,9-11H2,1H3;2-4,11-15H,5-6,9-10H2,1H3;1,3-4,7-8,12-13,15H,2,5-6,9,14H2. The number of rotatable bonds is 2. The molecule has 1 aliphatic carbocycles. The van der Waals surface area contributed by atoms with Gasteiger partial charge in [0, 0.05) is 133 Å². The molecule has 0 bridgehead atoms. The molecule has 4 unspecified atom stereocenters. The lowest BCUT2D eigenvalue weighted by Crippen LogP contribution is -2.43. The smallest absolute Gasteiger partial charge is 0.261 e. The molecule has 0 amide bonds. The van der Waals surface area contributed by atoms with Gasteiger partial charge in [0.2, 0.25) is 0 Å². The highest BCUT2D eigenvalue weighted by molar-refractivity contribution is 5.82. The summed E-state index contributed by atoms with van der Waals surface area (Å²) in [5.41, 5.74) is 13.0. The summed E-state index contributed by atoms with van der Waals surface area (Å²) in [6.45, 7) is 9.79. The Morgan fingerprint density at radius 1 is 0.383 bits per heavy atom. The van der Waals surface area contributed by atoms with Gasteiger partial charge in [0.1, 0.15) is 52.1 Å². The van der Waals surface area contributed by atoms with Crippen LogP contribution in [0, 0.1) is 94.4 Å². The van der Waals surface area contributed by atoms with Crippen LogP contribution in [0.25, 0.3) is 49.3 Å². The summed E-state index contributed by atoms with van der Waals surface area (Å²) in [6.07, 6.45) is 17.5. The SMILES string of the molecule is CC1CCc2nc3cc(C#Cc4ccccn4)ccn3c(=O)c2CC1.CC1CCn2c(nc3cc(C#Cc4cccc(F)c4)ccc3c2=O)C1.COCC1CCc2nc3cc(C#Cc4cccc(F)c4)ccc3c(=O)n2C1.O=c1c2ccc(C#Cc3cccc(F)c3)cc2nc2n1CC1CCCN1C2.O=c1c2ccc(C#Cc3ccccc3)cc2nc2n1CCCCC2. The van der Waals surface area contributed by atoms with E-state index in [0.29, 0.717) is 97.4 Å². The van der Waals surface area contributed by atoms with Gasteiger partial charge in [-0.3, -0.25) is 51.5 Å². The first-order valence-electron chi connectivity index (χ1n) is 43.7. The molecule has 1 saturated heterocycles. The molecular weight excluding hydrogens is 1610 g/mol. The summed E-state index contributed by atoms with van der Waals surface area (Å²) in [7, 11) is 1.68. The van der Waals surface area contributed by atoms with Gasteiger partial charge < -0.3 is 4.74 Å². The van der Waals surface area contributed by atoms with Gasteiger partial charge in [-0.25, -0.2) is 43.1 Å². The Balaban J connectivity index is 0.000000113. The number of ether oxygens (including phenoxy) is 1. The summed E-state index contributed by atoms with van der Waals surface area (Å²) < 4.78 is 53.9. The minimum Gasteiger partial charge on any atom is -0.384 e. The second kappa shape index (κ2) is 39.3. The van der Waals surface area contributed by atoms with Crippen molar-refractivity contribution in [2.75, 3.05) is 20.3 Å². The third-order valence-corrected chi connectivity index (χ3v) is 24.1. The summed E-state index contributed by atoms with van der Waals surface area (Å²) >= 11 is 0. The second-order valence-corrected chi connectivity index (χ2v) is 33.4. The zero-order chi connectivity index (χ0) is 88.2. The molecule has 15 aromatic rings. The van der Waals surface area contributed by atoms with E-state index < -0.39 is 0 Å². The van der Waals surface area contributed by atoms with Gasteiger partial charge in [-0.1, -0.05) is 116 Å². The molecule has 5 aliphatic heterocycles. The highest BCUT2D eigenvalue weighted by Crippen LogP contribution is 2.29. The molecule has 1 fully saturated rings. The van der Waals surface area contributed by atoms with Crippen LogP contribution in [0.1, 0.15) is 162 Å². The maximum atomic E-state index is 13.3. The molecule has 0 spiro atoms. The first-order chi connectivity index (χ1) is 62.4. The normalized spacial score (nSPS) is 16.2. The van der Waals surface area contributed by atoms with Gasteiger partial charge in [0.15, 0.2) is 0 Å². The van der Waals surface area contributed by atoms with Crippen LogP contribution in [-0.2, 0) is 69.6 Å². The minimum absolute atomic E-state index is 0.0135. The molecule has 6 aliphatic rings. The second-order valence-electron chi connectivity index (χ2n) is 33.4. The van der Waals surface area contributed by atoms with Gasteiger partial charge in [-0.15, -0.1) is 0 Å². The van der Waals surface area contributed by atoms with Crippen LogP contribution >= 0.6 is 0 Å². The molecule has 18 nitrogen and oxygen atoms in total. The average molecular weight is 1700 g/mol. The molecule has 21 heteroatoms. The first-order valence-corrected chi connectivity index (χ1v) is 43.7. The lowest BCUT2D eigenvalue weighted by molar-refractivity contribution is 0.130. The van der Waals surface area contributed by atoms with Crippen LogP contribution in [0.4, 0.5) is 13.2 Å². The zero-order valence-electron chi connectivity index (χ0n) is 71.4. The van der Waals surface area contributed by atoms with Crippen LogP contribution in [-0.4, -0.2) is 83.8 Å². The van der Waals surface area contributed by atoms with Crippen molar-refractivity contribution in [2.24, 2.45) is 17.8 Å². The van der Waals surface area contributed by atoms with Gasteiger partial charge in [0.05, 0.1) is 62.5 Å². The fraction of sp³-hybridized carbons (Fsp3) is 0.262. The Hall–Kier alpha value is -14.7. The third kappa shape index (κ3) is 20.3. The van der Waals surface area contributed by atoms with Gasteiger partial charge in [-0.2, -0.15) is 0 Å². The fourth-order valence-electron chi connectivity index (χ4n) is 17.2. The fourth-order valence-corrected chi connectivity index (χ4v) is 17.2. The molecule has 7 aromatic heterocycles. The lowest BCUT2D eigenvalue weighted by atomic mass is 9.99. The highest BCUT2D eigenvalue weighted by Gasteiger charge is 2.32. The highest BCUT2D eigenvalue weighted by atomic mass is 19.1. The number of aromatic nitrogens is 11. The van der Waals surface area contributed by atoms with E-state index >= 15 is 0 Å². The lowest BCUT2D eigenvalue weighted by Gasteiger charge is -2.31. The number of nitrogens with zero attached hydrogens (tertiary/aromatic N) is 12. The molecule has 21 rings (SSSR count). The van der Waals surface area contributed by atoms with E-state index in [4.69, 9.17) is 29.7 Å². The molecule has 0 N–H and O–H groups in total. The van der Waals surface area contributed by atoms with Crippen LogP contribution in [0.2, 0.25) is 0 Å². The topological polar surface area (TPSA) is 199 Å². The Morgan fingerprint density at radius 2 is 0.875 bits per heavy atom. The Labute approximate surface area is 738 Å². The molecule has 0 radical (unpaired) electrons. The number of aryl methyl sites for hydroxylation is 3. The van der Waals surface area contributed by atoms with Gasteiger partial charge >= 0.3 is 0 Å². The molecule has 128 heavy (non-hydrogen) atoms. The minimum atomic E-state index is -0.312. The van der Waals surface area contributed by atoms with Crippen molar-refractivity contribution >= 4 is 49.3 Å². The molecule has 12 heterocycles. The van der Waals surface area contributed by atoms with E-state index in [9.17, 15) is 37.1 Å². The number of fused-ring (bicyclic) bond motifs is 11. The molecule has 0 saturated carbocycles. The molecule has 636 valence electrons. The van der Waals surface area contributed by atoms with E-state index in [2.05, 4.69) is 82.9 Å². The van der Waals surface area contributed by atoms with Crippen LogP contribution in [0.15, 0.2) is 243 Å². The average Bonchev–Trinajstić information content (AvgIpc) is 1.16. The van der Waals surface area contributed by atoms with E-state index in [1.807, 2.05) is 118 Å². The summed E-state index contributed by atoms with van der Waals surface area (Å²) in [5, 5.41) is 2.52. The number of methoxy groups -OCH3 is 1. The largest absolute Gasteiger partial charge is 0.384 e. The van der Waals surface area contributed by atoms with E-state index in [-0.39, 0.29) is 45.2 Å². The van der Waals surface area contributed by atoms with Crippen molar-refractivity contribution < 1.29 is 17.9 Å². The van der Waals surface area contributed by atoms with Crippen molar-refractivity contribution in [1.82, 2.24) is 57.5 Å². The van der Waals surface area contributed by atoms with E-state index in [1.54, 1.807) is 93.7 Å². The van der Waals surface area contributed by atoms with Crippen molar-refractivity contribution in [1.29, 1.82) is 0 Å². The Bertz CT molecular complexity index is 7490. The van der Waals surface area contributed by atoms with Gasteiger partial charge in [-0.05, 0) is 252 Å². The van der Waals surface area contributed by atoms with E-state index in [0.717, 1.165) is 195 Å². The number of pyridine rings is 2. The summed E-state index contributed by atoms with van der Waals surface area (Å²) in [6, 6.07) is 60.3. The number of halogens is 3. The molecule has 8 aromatic carbocycles. The Kier molecular flexibility index (Phi) is 26.2. The van der Waals surface area contributed by atoms with Crippen molar-refractivity contribution in [3.63, 3.8) is 0 Å². The van der Waals surface area contributed by atoms with Gasteiger partial charge in [0.25, 0.3) is 27.8 Å². The predicted octanol–water partition coefficient (Wildman–Crippen LogP) is 16.1. The summed E-state index contributed by atoms with van der Waals surface area (Å²) in [5.74, 6) is 34.4. The number of hydrogen-bond acceptors (Lipinski definition) is 13. The monoisotopic (exact) mass is 1700 g/mol. The maximum Gasteiger partial charge on any atom is 0.261 e. The first kappa shape index (κ1) is 85.5. The molecule has 4 atom stereocenters. The van der Waals surface area contributed by atoms with E-state index in [1.165, 1.54) is 42.8 Å². The van der Waals surface area contributed by atoms with Crippen LogP contribution in [0.5, 0.6) is 0 Å². The number of hydrogen-bond donors (Lipinski definition) is 0. The van der Waals surface area contributed by atoms with Crippen LogP contribution in [0.3, 0.4) is 0 Å². The summed E-state index contributed by atoms with van der Waals surface area (Å²) in [4.78, 5) is 94.2. The van der Waals surface area contributed by atoms with Crippen molar-refractivity contribution in [2.45, 2.75) is 143 Å².